The van der Waals surface area contributed by atoms with Crippen molar-refractivity contribution in [2.75, 3.05) is 24.3 Å². The highest BCUT2D eigenvalue weighted by Crippen LogP contribution is 2.53. The van der Waals surface area contributed by atoms with E-state index in [4.69, 9.17) is 5.73 Å². The number of anilines is 2. The summed E-state index contributed by atoms with van der Waals surface area (Å²) in [6, 6.07) is 7.71. The largest absolute Gasteiger partial charge is 0.508 e. The van der Waals surface area contributed by atoms with Gasteiger partial charge in [-0.05, 0) is 54.7 Å². The molecule has 0 bridgehead atoms. The van der Waals surface area contributed by atoms with Gasteiger partial charge >= 0.3 is 0 Å². The maximum absolute atomic E-state index is 13.8. The Bertz CT molecular complexity index is 1810. The maximum atomic E-state index is 13.8. The zero-order valence-corrected chi connectivity index (χ0v) is 24.5. The lowest BCUT2D eigenvalue weighted by Gasteiger charge is -2.46. The fraction of sp³-hybridized carbons (Fsp3) is 0.290. The number of Topliss-reactive ketones (excluding diaryl/α,β-unsaturated/α-hetero) is 2. The van der Waals surface area contributed by atoms with Crippen molar-refractivity contribution in [2.24, 2.45) is 17.6 Å². The monoisotopic (exact) mass is 620 g/mol. The van der Waals surface area contributed by atoms with Crippen LogP contribution in [0.4, 0.5) is 15.2 Å². The standard InChI is InChI=1S/C31H29FN4O7S/c1-36(2)20-9-15(11-34-30-35-19(12-44-30)13-3-5-17(32)6-4-13)25(38)23-18(20)8-14-7-16-10-21(37)24(29(33)42)28(41)31(16,43)27(40)22(14)26(23)39/h3-6,9,12,14,16,38-39,41,43H,7-8,10-11H2,1-2H3,(H2,33,42)(H,34,35). The number of phenolic OH excluding ortho intramolecular Hbond substituents is 1. The van der Waals surface area contributed by atoms with Crippen LogP contribution in [-0.4, -0.2) is 62.6 Å². The molecule has 0 spiro atoms. The van der Waals surface area contributed by atoms with Crippen LogP contribution in [0.3, 0.4) is 0 Å². The van der Waals surface area contributed by atoms with Crippen molar-refractivity contribution in [3.05, 3.63) is 75.1 Å². The number of fused-ring (bicyclic) bond motifs is 3. The number of hydrogen-bond donors (Lipinski definition) is 6. The Balaban J connectivity index is 1.38. The average Bonchev–Trinajstić information content (AvgIpc) is 3.43. The summed E-state index contributed by atoms with van der Waals surface area (Å²) in [5.41, 5.74) is 4.65. The van der Waals surface area contributed by atoms with Crippen LogP contribution in [0.15, 0.2) is 52.6 Å². The first kappa shape index (κ1) is 29.3. The molecule has 13 heteroatoms. The molecule has 0 saturated heterocycles. The number of benzene rings is 2. The van der Waals surface area contributed by atoms with Crippen LogP contribution in [-0.2, 0) is 27.3 Å². The Morgan fingerprint density at radius 1 is 1.18 bits per heavy atom. The van der Waals surface area contributed by atoms with Gasteiger partial charge in [-0.3, -0.25) is 14.4 Å². The minimum absolute atomic E-state index is 0.0197. The Kier molecular flexibility index (Phi) is 6.97. The zero-order chi connectivity index (χ0) is 31.7. The second-order valence-electron chi connectivity index (χ2n) is 11.5. The van der Waals surface area contributed by atoms with E-state index in [2.05, 4.69) is 10.3 Å². The van der Waals surface area contributed by atoms with Crippen molar-refractivity contribution in [2.45, 2.75) is 31.4 Å². The third kappa shape index (κ3) is 4.42. The van der Waals surface area contributed by atoms with Crippen molar-refractivity contribution in [1.29, 1.82) is 0 Å². The van der Waals surface area contributed by atoms with Gasteiger partial charge in [0, 0.05) is 60.7 Å². The highest BCUT2D eigenvalue weighted by Gasteiger charge is 2.60. The third-order valence-electron chi connectivity index (χ3n) is 8.68. The molecule has 3 aliphatic carbocycles. The van der Waals surface area contributed by atoms with Gasteiger partial charge in [-0.15, -0.1) is 11.3 Å². The van der Waals surface area contributed by atoms with Crippen molar-refractivity contribution < 1.29 is 39.2 Å². The first-order valence-electron chi connectivity index (χ1n) is 13.8. The molecule has 1 heterocycles. The van der Waals surface area contributed by atoms with Crippen molar-refractivity contribution in [1.82, 2.24) is 4.98 Å². The number of aliphatic hydroxyl groups is 3. The van der Waals surface area contributed by atoms with Gasteiger partial charge in [-0.25, -0.2) is 9.37 Å². The number of primary amides is 1. The highest BCUT2D eigenvalue weighted by atomic mass is 32.1. The van der Waals surface area contributed by atoms with Crippen LogP contribution in [0.25, 0.3) is 17.0 Å². The van der Waals surface area contributed by atoms with Gasteiger partial charge in [0.15, 0.2) is 16.5 Å². The lowest BCUT2D eigenvalue weighted by molar-refractivity contribution is -0.147. The summed E-state index contributed by atoms with van der Waals surface area (Å²) in [6.07, 6.45) is -0.116. The van der Waals surface area contributed by atoms with E-state index in [0.717, 1.165) is 5.56 Å². The molecule has 44 heavy (non-hydrogen) atoms. The first-order chi connectivity index (χ1) is 20.8. The third-order valence-corrected chi connectivity index (χ3v) is 9.48. The summed E-state index contributed by atoms with van der Waals surface area (Å²) in [5, 5.41) is 50.7. The number of amides is 1. The minimum atomic E-state index is -2.62. The number of nitrogens with zero attached hydrogens (tertiary/aromatic N) is 2. The van der Waals surface area contributed by atoms with Crippen LogP contribution in [0.5, 0.6) is 5.75 Å². The van der Waals surface area contributed by atoms with E-state index in [1.807, 2.05) is 10.3 Å². The number of thiazole rings is 1. The topological polar surface area (TPSA) is 186 Å². The number of nitrogens with two attached hydrogens (primary N) is 1. The molecular weight excluding hydrogens is 591 g/mol. The molecule has 1 fully saturated rings. The Labute approximate surface area is 254 Å². The van der Waals surface area contributed by atoms with E-state index in [-0.39, 0.29) is 48.5 Å². The number of rotatable bonds is 6. The van der Waals surface area contributed by atoms with Crippen molar-refractivity contribution >= 4 is 45.4 Å². The van der Waals surface area contributed by atoms with Crippen LogP contribution in [0.1, 0.15) is 29.5 Å². The zero-order valence-electron chi connectivity index (χ0n) is 23.7. The van der Waals surface area contributed by atoms with Crippen molar-refractivity contribution in [3.63, 3.8) is 0 Å². The molecule has 1 amide bonds. The summed E-state index contributed by atoms with van der Waals surface area (Å²) in [6.45, 7) is 0.0932. The lowest BCUT2D eigenvalue weighted by Crippen LogP contribution is -2.58. The molecule has 0 aliphatic heterocycles. The number of carbonyl (C=O) groups excluding carboxylic acids is 3. The summed E-state index contributed by atoms with van der Waals surface area (Å²) < 4.78 is 13.3. The molecule has 11 nitrogen and oxygen atoms in total. The molecule has 3 aliphatic rings. The van der Waals surface area contributed by atoms with E-state index in [0.29, 0.717) is 27.6 Å². The van der Waals surface area contributed by atoms with E-state index < -0.39 is 52.0 Å². The Morgan fingerprint density at radius 2 is 1.89 bits per heavy atom. The number of aliphatic hydroxyl groups excluding tert-OH is 2. The smallest absolute Gasteiger partial charge is 0.255 e. The van der Waals surface area contributed by atoms with Crippen LogP contribution >= 0.6 is 11.3 Å². The molecule has 228 valence electrons. The van der Waals surface area contributed by atoms with E-state index >= 15 is 0 Å². The molecule has 0 radical (unpaired) electrons. The van der Waals surface area contributed by atoms with Gasteiger partial charge in [0.05, 0.1) is 11.3 Å². The van der Waals surface area contributed by atoms with Crippen LogP contribution < -0.4 is 16.0 Å². The van der Waals surface area contributed by atoms with Crippen LogP contribution in [0, 0.1) is 17.7 Å². The fourth-order valence-electron chi connectivity index (χ4n) is 6.54. The van der Waals surface area contributed by atoms with Crippen LogP contribution in [0.2, 0.25) is 0 Å². The average molecular weight is 621 g/mol. The molecule has 6 rings (SSSR count). The first-order valence-corrected chi connectivity index (χ1v) is 14.7. The minimum Gasteiger partial charge on any atom is -0.508 e. The molecule has 3 atom stereocenters. The number of hydrogen-bond acceptors (Lipinski definition) is 11. The van der Waals surface area contributed by atoms with Gasteiger partial charge in [0.1, 0.15) is 28.7 Å². The second kappa shape index (κ2) is 10.5. The summed E-state index contributed by atoms with van der Waals surface area (Å²) in [5.74, 6) is -7.03. The van der Waals surface area contributed by atoms with E-state index in [1.54, 1.807) is 32.3 Å². The molecular formula is C31H29FN4O7S. The van der Waals surface area contributed by atoms with Gasteiger partial charge in [0.25, 0.3) is 5.91 Å². The summed E-state index contributed by atoms with van der Waals surface area (Å²) >= 11 is 1.32. The molecule has 3 unspecified atom stereocenters. The van der Waals surface area contributed by atoms with Gasteiger partial charge in [-0.1, -0.05) is 0 Å². The number of nitrogens with one attached hydrogen (secondary N) is 1. The fourth-order valence-corrected chi connectivity index (χ4v) is 7.25. The molecule has 7 N–H and O–H groups in total. The van der Waals surface area contributed by atoms with E-state index in [1.165, 1.54) is 23.5 Å². The number of phenols is 1. The number of aromatic nitrogens is 1. The van der Waals surface area contributed by atoms with Crippen molar-refractivity contribution in [3.8, 4) is 17.0 Å². The lowest BCUT2D eigenvalue weighted by atomic mass is 9.59. The number of ketones is 2. The van der Waals surface area contributed by atoms with Gasteiger partial charge in [0.2, 0.25) is 5.78 Å². The molecule has 3 aromatic rings. The molecule has 1 aromatic heterocycles. The predicted molar refractivity (Wildman–Crippen MR) is 161 cm³/mol. The highest BCUT2D eigenvalue weighted by molar-refractivity contribution is 7.14. The predicted octanol–water partition coefficient (Wildman–Crippen LogP) is 3.36. The number of halogens is 1. The quantitative estimate of drug-likeness (QED) is 0.223. The van der Waals surface area contributed by atoms with E-state index in [9.17, 15) is 39.2 Å². The summed E-state index contributed by atoms with van der Waals surface area (Å²) in [7, 11) is 3.60. The normalized spacial score (nSPS) is 22.8. The number of aromatic hydroxyl groups is 1. The molecule has 2 aromatic carbocycles. The Morgan fingerprint density at radius 3 is 2.55 bits per heavy atom. The van der Waals surface area contributed by atoms with Gasteiger partial charge < -0.3 is 36.4 Å². The number of carbonyl (C=O) groups is 3. The second-order valence-corrected chi connectivity index (χ2v) is 12.3. The maximum Gasteiger partial charge on any atom is 0.255 e. The van der Waals surface area contributed by atoms with Gasteiger partial charge in [-0.2, -0.15) is 0 Å². The Hall–Kier alpha value is -4.75. The SMILES string of the molecule is CN(C)c1cc(CNc2nc(-c3ccc(F)cc3)cs2)c(O)c2c1CC1CC3CC(=O)C(C(N)=O)=C(O)C3(O)C(=O)C1=C2O. The molecule has 1 saturated carbocycles. The summed E-state index contributed by atoms with van der Waals surface area (Å²) in [4.78, 5) is 44.6.